The normalized spacial score (nSPS) is 15.0. The highest BCUT2D eigenvalue weighted by atomic mass is 32.2. The van der Waals surface area contributed by atoms with Gasteiger partial charge in [-0.1, -0.05) is 35.9 Å². The summed E-state index contributed by atoms with van der Waals surface area (Å²) in [6.45, 7) is 3.71. The molecule has 4 rings (SSSR count). The summed E-state index contributed by atoms with van der Waals surface area (Å²) in [4.78, 5) is 7.22. The van der Waals surface area contributed by atoms with Crippen molar-refractivity contribution < 1.29 is 8.42 Å². The van der Waals surface area contributed by atoms with Crippen LogP contribution in [0.3, 0.4) is 0 Å². The molecule has 0 atom stereocenters. The highest BCUT2D eigenvalue weighted by molar-refractivity contribution is 7.91. The first-order valence-corrected chi connectivity index (χ1v) is 10.0. The number of aryl methyl sites for hydroxylation is 1. The van der Waals surface area contributed by atoms with E-state index in [9.17, 15) is 8.42 Å². The van der Waals surface area contributed by atoms with Crippen LogP contribution >= 0.6 is 0 Å². The summed E-state index contributed by atoms with van der Waals surface area (Å²) in [7, 11) is -3.62. The fourth-order valence-corrected chi connectivity index (χ4v) is 4.85. The smallest absolute Gasteiger partial charge is 0.210 e. The summed E-state index contributed by atoms with van der Waals surface area (Å²) in [5.41, 5.74) is 2.66. The maximum atomic E-state index is 13.3. The second-order valence-electron chi connectivity index (χ2n) is 6.50. The lowest BCUT2D eigenvalue weighted by molar-refractivity contribution is 0.595. The Labute approximate surface area is 148 Å². The zero-order chi connectivity index (χ0) is 17.4. The van der Waals surface area contributed by atoms with E-state index in [1.807, 2.05) is 43.3 Å². The van der Waals surface area contributed by atoms with E-state index >= 15 is 0 Å². The molecule has 1 saturated heterocycles. The van der Waals surface area contributed by atoms with Crippen molar-refractivity contribution in [2.24, 2.45) is 0 Å². The minimum absolute atomic E-state index is 0.303. The molecule has 2 aromatic carbocycles. The van der Waals surface area contributed by atoms with Crippen molar-refractivity contribution in [3.05, 3.63) is 60.3 Å². The minimum atomic E-state index is -3.62. The quantitative estimate of drug-likeness (QED) is 0.715. The molecule has 2 heterocycles. The maximum Gasteiger partial charge on any atom is 0.210 e. The van der Waals surface area contributed by atoms with Crippen LogP contribution in [0, 0.1) is 6.92 Å². The SMILES string of the molecule is Cc1ccc(S(=O)(=O)c2cnc3ccccc3c2N2CCCC2)cc1. The molecule has 1 aliphatic heterocycles. The Morgan fingerprint density at radius 1 is 0.960 bits per heavy atom. The molecule has 0 bridgehead atoms. The number of rotatable bonds is 3. The van der Waals surface area contributed by atoms with Crippen molar-refractivity contribution in [3.8, 4) is 0 Å². The molecule has 0 unspecified atom stereocenters. The Morgan fingerprint density at radius 2 is 1.64 bits per heavy atom. The van der Waals surface area contributed by atoms with Crippen molar-refractivity contribution in [1.29, 1.82) is 0 Å². The molecular weight excluding hydrogens is 332 g/mol. The third-order valence-corrected chi connectivity index (χ3v) is 6.53. The lowest BCUT2D eigenvalue weighted by atomic mass is 10.1. The highest BCUT2D eigenvalue weighted by Crippen LogP contribution is 2.37. The number of anilines is 1. The monoisotopic (exact) mass is 352 g/mol. The molecule has 1 aliphatic rings. The fraction of sp³-hybridized carbons (Fsp3) is 0.250. The lowest BCUT2D eigenvalue weighted by Crippen LogP contribution is -2.21. The first-order chi connectivity index (χ1) is 12.1. The molecule has 4 nitrogen and oxygen atoms in total. The Bertz CT molecular complexity index is 1020. The second kappa shape index (κ2) is 6.15. The Balaban J connectivity index is 1.97. The summed E-state index contributed by atoms with van der Waals surface area (Å²) in [6.07, 6.45) is 3.69. The van der Waals surface area contributed by atoms with E-state index in [0.717, 1.165) is 48.1 Å². The van der Waals surface area contributed by atoms with Gasteiger partial charge in [-0.25, -0.2) is 8.42 Å². The number of hydrogen-bond acceptors (Lipinski definition) is 4. The van der Waals surface area contributed by atoms with Crippen LogP contribution in [-0.4, -0.2) is 26.5 Å². The van der Waals surface area contributed by atoms with Crippen molar-refractivity contribution >= 4 is 26.4 Å². The van der Waals surface area contributed by atoms with E-state index in [1.54, 1.807) is 12.1 Å². The van der Waals surface area contributed by atoms with Crippen LogP contribution in [-0.2, 0) is 9.84 Å². The average molecular weight is 352 g/mol. The van der Waals surface area contributed by atoms with E-state index in [0.29, 0.717) is 9.79 Å². The van der Waals surface area contributed by atoms with Gasteiger partial charge in [-0.2, -0.15) is 0 Å². The minimum Gasteiger partial charge on any atom is -0.370 e. The molecule has 1 fully saturated rings. The molecule has 0 spiro atoms. The molecule has 0 radical (unpaired) electrons. The van der Waals surface area contributed by atoms with Gasteiger partial charge >= 0.3 is 0 Å². The highest BCUT2D eigenvalue weighted by Gasteiger charge is 2.27. The molecule has 25 heavy (non-hydrogen) atoms. The van der Waals surface area contributed by atoms with E-state index in [1.165, 1.54) is 6.20 Å². The molecule has 5 heteroatoms. The van der Waals surface area contributed by atoms with Crippen LogP contribution in [0.15, 0.2) is 64.5 Å². The second-order valence-corrected chi connectivity index (χ2v) is 8.42. The van der Waals surface area contributed by atoms with Gasteiger partial charge in [0.25, 0.3) is 0 Å². The number of para-hydroxylation sites is 1. The predicted octanol–water partition coefficient (Wildman–Crippen LogP) is 3.98. The van der Waals surface area contributed by atoms with Gasteiger partial charge in [-0.3, -0.25) is 4.98 Å². The van der Waals surface area contributed by atoms with Crippen LogP contribution in [0.25, 0.3) is 10.9 Å². The summed E-state index contributed by atoms with van der Waals surface area (Å²) < 4.78 is 26.6. The van der Waals surface area contributed by atoms with Gasteiger partial charge in [0.1, 0.15) is 4.90 Å². The topological polar surface area (TPSA) is 50.3 Å². The van der Waals surface area contributed by atoms with Crippen molar-refractivity contribution in [2.45, 2.75) is 29.6 Å². The van der Waals surface area contributed by atoms with Gasteiger partial charge in [-0.05, 0) is 38.0 Å². The van der Waals surface area contributed by atoms with Crippen molar-refractivity contribution in [1.82, 2.24) is 4.98 Å². The Kier molecular flexibility index (Phi) is 3.96. The predicted molar refractivity (Wildman–Crippen MR) is 99.8 cm³/mol. The van der Waals surface area contributed by atoms with Gasteiger partial charge in [0.2, 0.25) is 9.84 Å². The number of aromatic nitrogens is 1. The molecule has 0 saturated carbocycles. The van der Waals surface area contributed by atoms with Crippen LogP contribution in [0.2, 0.25) is 0 Å². The molecule has 3 aromatic rings. The van der Waals surface area contributed by atoms with E-state index < -0.39 is 9.84 Å². The van der Waals surface area contributed by atoms with Gasteiger partial charge in [0.05, 0.1) is 16.1 Å². The van der Waals surface area contributed by atoms with Crippen LogP contribution in [0.5, 0.6) is 0 Å². The largest absolute Gasteiger partial charge is 0.370 e. The lowest BCUT2D eigenvalue weighted by Gasteiger charge is -2.23. The summed E-state index contributed by atoms with van der Waals surface area (Å²) >= 11 is 0. The zero-order valence-corrected chi connectivity index (χ0v) is 15.0. The van der Waals surface area contributed by atoms with Crippen molar-refractivity contribution in [3.63, 3.8) is 0 Å². The van der Waals surface area contributed by atoms with Gasteiger partial charge in [0.15, 0.2) is 0 Å². The number of nitrogens with zero attached hydrogens (tertiary/aromatic N) is 2. The van der Waals surface area contributed by atoms with Crippen LogP contribution in [0.1, 0.15) is 18.4 Å². The molecule has 0 amide bonds. The Morgan fingerprint density at radius 3 is 2.36 bits per heavy atom. The van der Waals surface area contributed by atoms with E-state index in [4.69, 9.17) is 0 Å². The molecule has 0 aliphatic carbocycles. The zero-order valence-electron chi connectivity index (χ0n) is 14.1. The molecule has 0 N–H and O–H groups in total. The Hall–Kier alpha value is -2.40. The molecule has 1 aromatic heterocycles. The first kappa shape index (κ1) is 16.1. The maximum absolute atomic E-state index is 13.3. The van der Waals surface area contributed by atoms with Crippen LogP contribution < -0.4 is 4.90 Å². The van der Waals surface area contributed by atoms with Gasteiger partial charge in [-0.15, -0.1) is 0 Å². The summed E-state index contributed by atoms with van der Waals surface area (Å²) in [5, 5.41) is 0.901. The standard InChI is InChI=1S/C20H20N2O2S/c1-15-8-10-16(11-9-15)25(23,24)19-14-21-18-7-3-2-6-17(18)20(19)22-12-4-5-13-22/h2-3,6-11,14H,4-5,12-13H2,1H3. The van der Waals surface area contributed by atoms with Crippen LogP contribution in [0.4, 0.5) is 5.69 Å². The number of benzene rings is 2. The molecule has 128 valence electrons. The first-order valence-electron chi connectivity index (χ1n) is 8.52. The third-order valence-electron chi connectivity index (χ3n) is 4.76. The number of sulfone groups is 1. The average Bonchev–Trinajstić information content (AvgIpc) is 3.15. The number of pyridine rings is 1. The number of fused-ring (bicyclic) bond motifs is 1. The van der Waals surface area contributed by atoms with Gasteiger partial charge < -0.3 is 4.90 Å². The summed E-state index contributed by atoms with van der Waals surface area (Å²) in [6, 6.07) is 14.8. The van der Waals surface area contributed by atoms with E-state index in [2.05, 4.69) is 9.88 Å². The van der Waals surface area contributed by atoms with E-state index in [-0.39, 0.29) is 0 Å². The van der Waals surface area contributed by atoms with Gasteiger partial charge in [0, 0.05) is 24.7 Å². The number of hydrogen-bond donors (Lipinski definition) is 0. The fourth-order valence-electron chi connectivity index (χ4n) is 3.42. The summed E-state index contributed by atoms with van der Waals surface area (Å²) in [5.74, 6) is 0. The third kappa shape index (κ3) is 2.78. The molecular formula is C20H20N2O2S. The van der Waals surface area contributed by atoms with Crippen molar-refractivity contribution in [2.75, 3.05) is 18.0 Å².